The summed E-state index contributed by atoms with van der Waals surface area (Å²) in [6.45, 7) is 8.96. The molecule has 0 radical (unpaired) electrons. The SMILES string of the molecule is Cc1cc(C)n(CC(C)CNC(=O)NCC(C)(O)c2ccco2)n1. The summed E-state index contributed by atoms with van der Waals surface area (Å²) < 4.78 is 7.12. The van der Waals surface area contributed by atoms with Crippen LogP contribution in [0.25, 0.3) is 0 Å². The molecule has 0 aromatic carbocycles. The van der Waals surface area contributed by atoms with Crippen LogP contribution in [0.1, 0.15) is 31.0 Å². The Morgan fingerprint density at radius 2 is 2.21 bits per heavy atom. The van der Waals surface area contributed by atoms with E-state index in [0.29, 0.717) is 12.3 Å². The molecule has 132 valence electrons. The van der Waals surface area contributed by atoms with E-state index in [1.807, 2.05) is 24.6 Å². The van der Waals surface area contributed by atoms with Crippen LogP contribution in [0.15, 0.2) is 28.9 Å². The fourth-order valence-electron chi connectivity index (χ4n) is 2.47. The minimum absolute atomic E-state index is 0.0676. The fourth-order valence-corrected chi connectivity index (χ4v) is 2.47. The molecule has 7 heteroatoms. The van der Waals surface area contributed by atoms with Crippen LogP contribution in [0.2, 0.25) is 0 Å². The molecule has 2 amide bonds. The number of carbonyl (C=O) groups is 1. The summed E-state index contributed by atoms with van der Waals surface area (Å²) in [5, 5.41) is 20.2. The number of nitrogens with one attached hydrogen (secondary N) is 2. The Bertz CT molecular complexity index is 661. The molecule has 0 aliphatic heterocycles. The first-order valence-electron chi connectivity index (χ1n) is 8.07. The van der Waals surface area contributed by atoms with E-state index in [9.17, 15) is 9.90 Å². The van der Waals surface area contributed by atoms with Gasteiger partial charge in [0.2, 0.25) is 0 Å². The Morgan fingerprint density at radius 3 is 2.79 bits per heavy atom. The highest BCUT2D eigenvalue weighted by Gasteiger charge is 2.26. The van der Waals surface area contributed by atoms with Crippen LogP contribution in [0.5, 0.6) is 0 Å². The zero-order chi connectivity index (χ0) is 17.7. The number of aryl methyl sites for hydroxylation is 2. The number of carbonyl (C=O) groups excluding carboxylic acids is 1. The normalized spacial score (nSPS) is 14.9. The van der Waals surface area contributed by atoms with Crippen molar-refractivity contribution in [2.24, 2.45) is 5.92 Å². The minimum atomic E-state index is -1.24. The Morgan fingerprint density at radius 1 is 1.46 bits per heavy atom. The van der Waals surface area contributed by atoms with Crippen molar-refractivity contribution in [3.63, 3.8) is 0 Å². The maximum Gasteiger partial charge on any atom is 0.314 e. The fraction of sp³-hybridized carbons (Fsp3) is 0.529. The maximum absolute atomic E-state index is 11.9. The Balaban J connectivity index is 1.74. The summed E-state index contributed by atoms with van der Waals surface area (Å²) in [4.78, 5) is 11.9. The van der Waals surface area contributed by atoms with Crippen LogP contribution in [-0.4, -0.2) is 34.0 Å². The van der Waals surface area contributed by atoms with E-state index in [0.717, 1.165) is 17.9 Å². The van der Waals surface area contributed by atoms with Gasteiger partial charge >= 0.3 is 6.03 Å². The van der Waals surface area contributed by atoms with E-state index in [-0.39, 0.29) is 18.5 Å². The third kappa shape index (κ3) is 4.86. The molecule has 2 heterocycles. The highest BCUT2D eigenvalue weighted by atomic mass is 16.4. The van der Waals surface area contributed by atoms with Gasteiger partial charge in [0.05, 0.1) is 18.5 Å². The average Bonchev–Trinajstić information content (AvgIpc) is 3.14. The van der Waals surface area contributed by atoms with Crippen LogP contribution in [-0.2, 0) is 12.1 Å². The molecule has 7 nitrogen and oxygen atoms in total. The zero-order valence-electron chi connectivity index (χ0n) is 14.7. The average molecular weight is 334 g/mol. The Hall–Kier alpha value is -2.28. The summed E-state index contributed by atoms with van der Waals surface area (Å²) in [5.41, 5.74) is 0.861. The van der Waals surface area contributed by atoms with E-state index in [1.54, 1.807) is 19.1 Å². The monoisotopic (exact) mass is 334 g/mol. The van der Waals surface area contributed by atoms with Crippen molar-refractivity contribution in [1.29, 1.82) is 0 Å². The van der Waals surface area contributed by atoms with Gasteiger partial charge in [-0.25, -0.2) is 4.79 Å². The van der Waals surface area contributed by atoms with Gasteiger partial charge in [0.25, 0.3) is 0 Å². The molecule has 24 heavy (non-hydrogen) atoms. The molecule has 2 atom stereocenters. The van der Waals surface area contributed by atoms with Gasteiger partial charge in [-0.15, -0.1) is 0 Å². The van der Waals surface area contributed by atoms with Gasteiger partial charge in [-0.3, -0.25) is 4.68 Å². The van der Waals surface area contributed by atoms with E-state index in [1.165, 1.54) is 6.26 Å². The van der Waals surface area contributed by atoms with Crippen molar-refractivity contribution in [3.05, 3.63) is 41.6 Å². The molecule has 2 unspecified atom stereocenters. The second kappa shape index (κ2) is 7.53. The van der Waals surface area contributed by atoms with Gasteiger partial charge in [-0.1, -0.05) is 6.92 Å². The number of amides is 2. The maximum atomic E-state index is 11.9. The van der Waals surface area contributed by atoms with E-state index in [4.69, 9.17) is 4.42 Å². The summed E-state index contributed by atoms with van der Waals surface area (Å²) in [5.74, 6) is 0.653. The number of hydrogen-bond acceptors (Lipinski definition) is 4. The van der Waals surface area contributed by atoms with E-state index >= 15 is 0 Å². The first kappa shape index (κ1) is 18.1. The highest BCUT2D eigenvalue weighted by Crippen LogP contribution is 2.19. The molecule has 0 fully saturated rings. The predicted molar refractivity (Wildman–Crippen MR) is 90.5 cm³/mol. The summed E-state index contributed by atoms with van der Waals surface area (Å²) in [6, 6.07) is 5.09. The van der Waals surface area contributed by atoms with E-state index < -0.39 is 5.60 Å². The van der Waals surface area contributed by atoms with Gasteiger partial charge in [-0.2, -0.15) is 5.10 Å². The number of aromatic nitrogens is 2. The molecule has 0 bridgehead atoms. The van der Waals surface area contributed by atoms with Crippen molar-refractivity contribution in [2.45, 2.75) is 39.8 Å². The molecule has 2 rings (SSSR count). The Labute approximate surface area is 142 Å². The van der Waals surface area contributed by atoms with Crippen molar-refractivity contribution in [3.8, 4) is 0 Å². The second-order valence-electron chi connectivity index (χ2n) is 6.53. The first-order valence-corrected chi connectivity index (χ1v) is 8.07. The van der Waals surface area contributed by atoms with Crippen molar-refractivity contribution >= 4 is 6.03 Å². The van der Waals surface area contributed by atoms with Crippen LogP contribution >= 0.6 is 0 Å². The van der Waals surface area contributed by atoms with Crippen molar-refractivity contribution < 1.29 is 14.3 Å². The molecule has 2 aromatic heterocycles. The topological polar surface area (TPSA) is 92.3 Å². The lowest BCUT2D eigenvalue weighted by Gasteiger charge is -2.21. The molecule has 0 spiro atoms. The van der Waals surface area contributed by atoms with Gasteiger partial charge in [0, 0.05) is 18.8 Å². The number of aliphatic hydroxyl groups is 1. The second-order valence-corrected chi connectivity index (χ2v) is 6.53. The van der Waals surface area contributed by atoms with Crippen LogP contribution in [0.4, 0.5) is 4.79 Å². The van der Waals surface area contributed by atoms with Gasteiger partial charge < -0.3 is 20.2 Å². The van der Waals surface area contributed by atoms with E-state index in [2.05, 4.69) is 22.7 Å². The number of hydrogen-bond donors (Lipinski definition) is 3. The molecule has 3 N–H and O–H groups in total. The van der Waals surface area contributed by atoms with Crippen molar-refractivity contribution in [1.82, 2.24) is 20.4 Å². The number of nitrogens with zero attached hydrogens (tertiary/aromatic N) is 2. The molecule has 0 aliphatic carbocycles. The largest absolute Gasteiger partial charge is 0.466 e. The number of rotatable bonds is 7. The lowest BCUT2D eigenvalue weighted by atomic mass is 10.0. The molecule has 0 saturated heterocycles. The van der Waals surface area contributed by atoms with Gasteiger partial charge in [-0.05, 0) is 44.9 Å². The summed E-state index contributed by atoms with van der Waals surface area (Å²) >= 11 is 0. The molecule has 2 aromatic rings. The number of urea groups is 1. The zero-order valence-corrected chi connectivity index (χ0v) is 14.7. The third-order valence-electron chi connectivity index (χ3n) is 3.84. The molecular formula is C17H26N4O3. The summed E-state index contributed by atoms with van der Waals surface area (Å²) in [7, 11) is 0. The highest BCUT2D eigenvalue weighted by molar-refractivity contribution is 5.73. The molecule has 0 aliphatic rings. The lowest BCUT2D eigenvalue weighted by Crippen LogP contribution is -2.44. The standard InChI is InChI=1S/C17H26N4O3/c1-12(10-21-14(3)8-13(2)20-21)9-18-16(22)19-11-17(4,23)15-6-5-7-24-15/h5-8,12,23H,9-11H2,1-4H3,(H2,18,19,22). The quantitative estimate of drug-likeness (QED) is 0.721. The smallest absolute Gasteiger partial charge is 0.314 e. The summed E-state index contributed by atoms with van der Waals surface area (Å²) in [6.07, 6.45) is 1.49. The third-order valence-corrected chi connectivity index (χ3v) is 3.84. The molecular weight excluding hydrogens is 308 g/mol. The lowest BCUT2D eigenvalue weighted by molar-refractivity contribution is 0.0367. The molecule has 0 saturated carbocycles. The van der Waals surface area contributed by atoms with Gasteiger partial charge in [0.1, 0.15) is 11.4 Å². The van der Waals surface area contributed by atoms with Crippen LogP contribution in [0.3, 0.4) is 0 Å². The predicted octanol–water partition coefficient (Wildman–Crippen LogP) is 1.94. The Kier molecular flexibility index (Phi) is 5.66. The van der Waals surface area contributed by atoms with Gasteiger partial charge in [0.15, 0.2) is 0 Å². The number of furan rings is 1. The van der Waals surface area contributed by atoms with Crippen molar-refractivity contribution in [2.75, 3.05) is 13.1 Å². The first-order chi connectivity index (χ1) is 11.3. The van der Waals surface area contributed by atoms with Crippen LogP contribution < -0.4 is 10.6 Å². The van der Waals surface area contributed by atoms with Crippen LogP contribution in [0, 0.1) is 19.8 Å². The minimum Gasteiger partial charge on any atom is -0.466 e.